The molecule has 0 radical (unpaired) electrons. The lowest BCUT2D eigenvalue weighted by Crippen LogP contribution is -2.14. The summed E-state index contributed by atoms with van der Waals surface area (Å²) in [7, 11) is 3.19. The Morgan fingerprint density at radius 3 is 2.27 bits per heavy atom. The second-order valence-corrected chi connectivity index (χ2v) is 10.1. The van der Waals surface area contributed by atoms with Gasteiger partial charge in [-0.2, -0.15) is 5.26 Å². The topological polar surface area (TPSA) is 97.4 Å². The quantitative estimate of drug-likeness (QED) is 0.221. The van der Waals surface area contributed by atoms with Gasteiger partial charge in [0.1, 0.15) is 28.9 Å². The summed E-state index contributed by atoms with van der Waals surface area (Å²) in [5.41, 5.74) is 3.24. The molecule has 0 bridgehead atoms. The van der Waals surface area contributed by atoms with Gasteiger partial charge in [-0.25, -0.2) is 4.98 Å². The van der Waals surface area contributed by atoms with E-state index in [0.29, 0.717) is 22.8 Å². The number of ether oxygens (including phenoxy) is 2. The van der Waals surface area contributed by atoms with Crippen molar-refractivity contribution in [3.63, 3.8) is 0 Å². The van der Waals surface area contributed by atoms with Gasteiger partial charge in [0, 0.05) is 11.1 Å². The van der Waals surface area contributed by atoms with E-state index in [2.05, 4.69) is 16.4 Å². The van der Waals surface area contributed by atoms with Crippen molar-refractivity contribution in [2.24, 2.45) is 0 Å². The summed E-state index contributed by atoms with van der Waals surface area (Å²) in [4.78, 5) is 17.4. The number of nitrogens with zero attached hydrogens (tertiary/aromatic N) is 2. The number of hydrogen-bond donors (Lipinski definition) is 1. The van der Waals surface area contributed by atoms with Gasteiger partial charge in [-0.3, -0.25) is 10.1 Å². The number of para-hydroxylation sites is 1. The van der Waals surface area contributed by atoms with E-state index in [-0.39, 0.29) is 23.1 Å². The maximum Gasteiger partial charge on any atom is 0.237 e. The third-order valence-electron chi connectivity index (χ3n) is 5.60. The zero-order valence-corrected chi connectivity index (χ0v) is 21.6. The molecule has 184 valence electrons. The Morgan fingerprint density at radius 2 is 1.65 bits per heavy atom. The van der Waals surface area contributed by atoms with Gasteiger partial charge in [-0.1, -0.05) is 36.0 Å². The Balaban J connectivity index is 1.45. The molecule has 0 unspecified atom stereocenters. The minimum absolute atomic E-state index is 0.106. The van der Waals surface area contributed by atoms with Crippen molar-refractivity contribution >= 4 is 45.1 Å². The van der Waals surface area contributed by atoms with Crippen LogP contribution in [0.3, 0.4) is 0 Å². The third kappa shape index (κ3) is 5.16. The Hall–Kier alpha value is -4.26. The molecule has 0 spiro atoms. The van der Waals surface area contributed by atoms with Crippen molar-refractivity contribution in [1.82, 2.24) is 4.98 Å². The molecule has 5 aromatic rings. The molecular weight excluding hydrogens is 506 g/mol. The molecule has 0 atom stereocenters. The molecule has 1 amide bonds. The van der Waals surface area contributed by atoms with Gasteiger partial charge in [0.25, 0.3) is 0 Å². The number of carbonyl (C=O) groups is 1. The summed E-state index contributed by atoms with van der Waals surface area (Å²) < 4.78 is 18.5. The summed E-state index contributed by atoms with van der Waals surface area (Å²) in [5.74, 6) is 1.80. The van der Waals surface area contributed by atoms with Crippen molar-refractivity contribution in [1.29, 1.82) is 5.26 Å². The number of rotatable bonds is 8. The molecule has 2 aromatic heterocycles. The highest BCUT2D eigenvalue weighted by Crippen LogP contribution is 2.42. The number of thiazole rings is 1. The summed E-state index contributed by atoms with van der Waals surface area (Å²) in [5, 5.41) is 12.9. The number of carbonyl (C=O) groups excluding carboxylic acids is 1. The molecule has 0 fully saturated rings. The first-order valence-electron chi connectivity index (χ1n) is 11.2. The first kappa shape index (κ1) is 24.4. The molecular formula is C28H21N3O4S2. The molecule has 37 heavy (non-hydrogen) atoms. The van der Waals surface area contributed by atoms with Crippen LogP contribution < -0.4 is 14.8 Å². The number of furan rings is 1. The fourth-order valence-corrected chi connectivity index (χ4v) is 5.68. The molecule has 0 aliphatic rings. The van der Waals surface area contributed by atoms with E-state index < -0.39 is 0 Å². The van der Waals surface area contributed by atoms with Crippen LogP contribution in [0.15, 0.2) is 81.6 Å². The van der Waals surface area contributed by atoms with E-state index in [1.807, 2.05) is 72.8 Å². The largest absolute Gasteiger partial charge is 0.497 e. The second-order valence-electron chi connectivity index (χ2n) is 7.86. The van der Waals surface area contributed by atoms with Gasteiger partial charge in [0.05, 0.1) is 30.2 Å². The normalized spacial score (nSPS) is 10.7. The molecule has 0 aliphatic carbocycles. The molecule has 9 heteroatoms. The Labute approximate surface area is 221 Å². The number of nitrogens with one attached hydrogen (secondary N) is 1. The second kappa shape index (κ2) is 10.8. The van der Waals surface area contributed by atoms with Gasteiger partial charge >= 0.3 is 0 Å². The van der Waals surface area contributed by atoms with Crippen molar-refractivity contribution < 1.29 is 18.7 Å². The zero-order valence-electron chi connectivity index (χ0n) is 20.0. The zero-order chi connectivity index (χ0) is 25.8. The minimum Gasteiger partial charge on any atom is -0.497 e. The molecule has 2 heterocycles. The first-order chi connectivity index (χ1) is 18.1. The van der Waals surface area contributed by atoms with E-state index >= 15 is 0 Å². The molecule has 3 aromatic carbocycles. The van der Waals surface area contributed by atoms with E-state index in [0.717, 1.165) is 25.7 Å². The number of thioether (sulfide) groups is 1. The van der Waals surface area contributed by atoms with Crippen molar-refractivity contribution in [3.05, 3.63) is 78.4 Å². The van der Waals surface area contributed by atoms with Crippen LogP contribution in [0.5, 0.6) is 11.5 Å². The summed E-state index contributed by atoms with van der Waals surface area (Å²) in [6, 6.07) is 24.7. The highest BCUT2D eigenvalue weighted by molar-refractivity contribution is 8.01. The number of anilines is 1. The molecule has 0 aliphatic heterocycles. The summed E-state index contributed by atoms with van der Waals surface area (Å²) >= 11 is 2.88. The third-order valence-corrected chi connectivity index (χ3v) is 7.78. The van der Waals surface area contributed by atoms with Crippen LogP contribution >= 0.6 is 23.1 Å². The van der Waals surface area contributed by atoms with Gasteiger partial charge < -0.3 is 13.9 Å². The van der Waals surface area contributed by atoms with E-state index in [1.54, 1.807) is 14.2 Å². The smallest absolute Gasteiger partial charge is 0.237 e. The monoisotopic (exact) mass is 527 g/mol. The minimum atomic E-state index is -0.294. The number of methoxy groups -OCH3 is 2. The van der Waals surface area contributed by atoms with E-state index in [9.17, 15) is 10.1 Å². The lowest BCUT2D eigenvalue weighted by atomic mass is 9.98. The number of nitriles is 1. The van der Waals surface area contributed by atoms with E-state index in [4.69, 9.17) is 13.9 Å². The fraction of sp³-hybridized carbons (Fsp3) is 0.107. The van der Waals surface area contributed by atoms with Crippen LogP contribution in [0.25, 0.3) is 32.7 Å². The summed E-state index contributed by atoms with van der Waals surface area (Å²) in [6.07, 6.45) is 0. The van der Waals surface area contributed by atoms with Gasteiger partial charge in [0.2, 0.25) is 11.8 Å². The number of fused-ring (bicyclic) bond motifs is 1. The Kier molecular flexibility index (Phi) is 7.12. The average Bonchev–Trinajstić information content (AvgIpc) is 3.53. The molecule has 5 rings (SSSR count). The maximum atomic E-state index is 12.9. The maximum absolute atomic E-state index is 12.9. The highest BCUT2D eigenvalue weighted by Gasteiger charge is 2.24. The van der Waals surface area contributed by atoms with Crippen LogP contribution in [-0.2, 0) is 4.79 Å². The SMILES string of the molecule is COc1ccc(-c2oc(NC(=O)CSc3nc4ccccc4s3)c(C#N)c2-c2ccc(OC)cc2)cc1. The highest BCUT2D eigenvalue weighted by atomic mass is 32.2. The molecule has 1 N–H and O–H groups in total. The fourth-order valence-electron chi connectivity index (χ4n) is 3.81. The lowest BCUT2D eigenvalue weighted by Gasteiger charge is -2.06. The van der Waals surface area contributed by atoms with Crippen molar-refractivity contribution in [3.8, 4) is 40.0 Å². The average molecular weight is 528 g/mol. The molecule has 0 saturated carbocycles. The van der Waals surface area contributed by atoms with Gasteiger partial charge in [-0.15, -0.1) is 11.3 Å². The summed E-state index contributed by atoms with van der Waals surface area (Å²) in [6.45, 7) is 0. The predicted octanol–water partition coefficient (Wildman–Crippen LogP) is 6.84. The van der Waals surface area contributed by atoms with Crippen LogP contribution in [0, 0.1) is 11.3 Å². The van der Waals surface area contributed by atoms with Crippen LogP contribution in [0.2, 0.25) is 0 Å². The number of aromatic nitrogens is 1. The molecule has 0 saturated heterocycles. The van der Waals surface area contributed by atoms with Crippen LogP contribution in [0.1, 0.15) is 5.56 Å². The van der Waals surface area contributed by atoms with Crippen LogP contribution in [0.4, 0.5) is 5.88 Å². The van der Waals surface area contributed by atoms with Gasteiger partial charge in [-0.05, 0) is 54.1 Å². The number of benzene rings is 3. The first-order valence-corrected chi connectivity index (χ1v) is 13.0. The van der Waals surface area contributed by atoms with Crippen molar-refractivity contribution in [2.45, 2.75) is 4.34 Å². The van der Waals surface area contributed by atoms with Crippen molar-refractivity contribution in [2.75, 3.05) is 25.3 Å². The lowest BCUT2D eigenvalue weighted by molar-refractivity contribution is -0.113. The predicted molar refractivity (Wildman–Crippen MR) is 146 cm³/mol. The standard InChI is InChI=1S/C28H21N3O4S2/c1-33-19-11-7-17(8-12-19)25-21(15-29)27(35-26(25)18-9-13-20(34-2)14-10-18)31-24(32)16-36-28-30-22-5-3-4-6-23(22)37-28/h3-14H,16H2,1-2H3,(H,31,32). The van der Waals surface area contributed by atoms with Crippen LogP contribution in [-0.4, -0.2) is 30.9 Å². The molecule has 7 nitrogen and oxygen atoms in total. The van der Waals surface area contributed by atoms with Gasteiger partial charge in [0.15, 0.2) is 4.34 Å². The Bertz CT molecular complexity index is 1570. The number of amides is 1. The van der Waals surface area contributed by atoms with E-state index in [1.165, 1.54) is 23.1 Å². The Morgan fingerprint density at radius 1 is 1.00 bits per heavy atom. The number of hydrogen-bond acceptors (Lipinski definition) is 8.